The van der Waals surface area contributed by atoms with Crippen molar-refractivity contribution >= 4 is 43.0 Å². The molecule has 27 heavy (non-hydrogen) atoms. The molecule has 2 rings (SSSR count). The Labute approximate surface area is 157 Å². The fourth-order valence-corrected chi connectivity index (χ4v) is 3.24. The van der Waals surface area contributed by atoms with Gasteiger partial charge in [-0.1, -0.05) is 0 Å². The molecule has 0 aliphatic rings. The van der Waals surface area contributed by atoms with Crippen LogP contribution in [0.15, 0.2) is 68.3 Å². The standard InChI is InChI=1S/C17H18N2O6S2/c1-12(18-14-3-7-16(8-4-14)26(20,21)22)11-13(2)19-15-5-9-17(10-6-15)27(23,24)25/h3-10H,11H2,1-2H3,(H,20,21,22)(H,23,24,25). The highest BCUT2D eigenvalue weighted by atomic mass is 32.2. The highest BCUT2D eigenvalue weighted by Crippen LogP contribution is 2.19. The number of aliphatic imine (C=N–C) groups is 2. The Morgan fingerprint density at radius 1 is 0.704 bits per heavy atom. The van der Waals surface area contributed by atoms with Crippen molar-refractivity contribution in [1.82, 2.24) is 0 Å². The lowest BCUT2D eigenvalue weighted by molar-refractivity contribution is 0.481. The van der Waals surface area contributed by atoms with E-state index in [1.165, 1.54) is 48.5 Å². The van der Waals surface area contributed by atoms with Crippen LogP contribution in [0.5, 0.6) is 0 Å². The van der Waals surface area contributed by atoms with Crippen molar-refractivity contribution in [3.8, 4) is 0 Å². The summed E-state index contributed by atoms with van der Waals surface area (Å²) in [5.41, 5.74) is 2.52. The summed E-state index contributed by atoms with van der Waals surface area (Å²) in [7, 11) is -8.47. The lowest BCUT2D eigenvalue weighted by Gasteiger charge is -2.03. The second kappa shape index (κ2) is 8.09. The first kappa shape index (κ1) is 20.9. The van der Waals surface area contributed by atoms with Crippen LogP contribution in [0.1, 0.15) is 20.3 Å². The lowest BCUT2D eigenvalue weighted by atomic mass is 10.2. The fraction of sp³-hybridized carbons (Fsp3) is 0.176. The minimum atomic E-state index is -4.23. The molecular formula is C17H18N2O6S2. The summed E-state index contributed by atoms with van der Waals surface area (Å²) < 4.78 is 62.0. The van der Waals surface area contributed by atoms with Crippen LogP contribution in [0.2, 0.25) is 0 Å². The van der Waals surface area contributed by atoms with Crippen molar-refractivity contribution < 1.29 is 25.9 Å². The zero-order valence-electron chi connectivity index (χ0n) is 14.6. The first-order chi connectivity index (χ1) is 12.4. The summed E-state index contributed by atoms with van der Waals surface area (Å²) in [6.45, 7) is 3.58. The largest absolute Gasteiger partial charge is 0.294 e. The average molecular weight is 410 g/mol. The van der Waals surface area contributed by atoms with Gasteiger partial charge in [-0.15, -0.1) is 0 Å². The van der Waals surface area contributed by atoms with Gasteiger partial charge in [-0.05, 0) is 62.4 Å². The van der Waals surface area contributed by atoms with E-state index in [9.17, 15) is 16.8 Å². The Balaban J connectivity index is 2.11. The van der Waals surface area contributed by atoms with Gasteiger partial charge in [-0.3, -0.25) is 19.1 Å². The highest BCUT2D eigenvalue weighted by molar-refractivity contribution is 7.86. The van der Waals surface area contributed by atoms with E-state index in [1.54, 1.807) is 13.8 Å². The summed E-state index contributed by atoms with van der Waals surface area (Å²) in [5, 5.41) is 0. The monoisotopic (exact) mass is 410 g/mol. The summed E-state index contributed by atoms with van der Waals surface area (Å²) in [6, 6.07) is 11.0. The Morgan fingerprint density at radius 2 is 1.00 bits per heavy atom. The molecule has 0 heterocycles. The van der Waals surface area contributed by atoms with Gasteiger partial charge in [0.1, 0.15) is 0 Å². The Bertz CT molecular complexity index is 996. The van der Waals surface area contributed by atoms with E-state index in [1.807, 2.05) is 0 Å². The van der Waals surface area contributed by atoms with Gasteiger partial charge >= 0.3 is 0 Å². The molecule has 0 saturated heterocycles. The van der Waals surface area contributed by atoms with Gasteiger partial charge in [0, 0.05) is 17.8 Å². The normalized spacial score (nSPS) is 13.6. The van der Waals surface area contributed by atoms with E-state index in [0.29, 0.717) is 17.8 Å². The van der Waals surface area contributed by atoms with Crippen LogP contribution in [0.4, 0.5) is 11.4 Å². The summed E-state index contributed by atoms with van der Waals surface area (Å²) in [6.07, 6.45) is 0.445. The second-order valence-electron chi connectivity index (χ2n) is 5.81. The number of hydrogen-bond acceptors (Lipinski definition) is 6. The minimum Gasteiger partial charge on any atom is -0.282 e. The SMILES string of the molecule is CC(CC(C)=Nc1ccc(S(=O)(=O)O)cc1)=Nc1ccc(S(=O)(=O)O)cc1. The third-order valence-electron chi connectivity index (χ3n) is 3.42. The molecule has 2 N–H and O–H groups in total. The van der Waals surface area contributed by atoms with Crippen LogP contribution in [-0.2, 0) is 20.2 Å². The predicted octanol–water partition coefficient (Wildman–Crippen LogP) is 3.46. The number of rotatable bonds is 6. The van der Waals surface area contributed by atoms with Gasteiger partial charge in [0.2, 0.25) is 0 Å². The Hall–Kier alpha value is -2.40. The molecule has 0 bridgehead atoms. The van der Waals surface area contributed by atoms with Gasteiger partial charge in [0.05, 0.1) is 21.2 Å². The van der Waals surface area contributed by atoms with Crippen molar-refractivity contribution in [1.29, 1.82) is 0 Å². The molecule has 0 saturated carbocycles. The number of benzene rings is 2. The van der Waals surface area contributed by atoms with Gasteiger partial charge < -0.3 is 0 Å². The Kier molecular flexibility index (Phi) is 6.26. The van der Waals surface area contributed by atoms with E-state index in [-0.39, 0.29) is 9.79 Å². The van der Waals surface area contributed by atoms with Gasteiger partial charge in [-0.2, -0.15) is 16.8 Å². The van der Waals surface area contributed by atoms with E-state index in [4.69, 9.17) is 9.11 Å². The average Bonchev–Trinajstić information content (AvgIpc) is 2.53. The number of nitrogens with zero attached hydrogens (tertiary/aromatic N) is 2. The first-order valence-electron chi connectivity index (χ1n) is 7.68. The van der Waals surface area contributed by atoms with E-state index < -0.39 is 20.2 Å². The third kappa shape index (κ3) is 6.36. The zero-order chi connectivity index (χ0) is 20.2. The lowest BCUT2D eigenvalue weighted by Crippen LogP contribution is -2.00. The second-order valence-corrected chi connectivity index (χ2v) is 8.65. The quantitative estimate of drug-likeness (QED) is 0.553. The summed E-state index contributed by atoms with van der Waals surface area (Å²) in [4.78, 5) is 8.31. The maximum Gasteiger partial charge on any atom is 0.294 e. The van der Waals surface area contributed by atoms with E-state index in [2.05, 4.69) is 9.98 Å². The molecular weight excluding hydrogens is 392 g/mol. The minimum absolute atomic E-state index is 0.204. The zero-order valence-corrected chi connectivity index (χ0v) is 16.2. The third-order valence-corrected chi connectivity index (χ3v) is 5.16. The topological polar surface area (TPSA) is 133 Å². The molecule has 0 atom stereocenters. The molecule has 0 aliphatic heterocycles. The van der Waals surface area contributed by atoms with Crippen LogP contribution in [0.3, 0.4) is 0 Å². The maximum absolute atomic E-state index is 11.0. The fourth-order valence-electron chi connectivity index (χ4n) is 2.28. The van der Waals surface area contributed by atoms with Crippen molar-refractivity contribution in [2.45, 2.75) is 30.1 Å². The van der Waals surface area contributed by atoms with Crippen molar-refractivity contribution in [3.05, 3.63) is 48.5 Å². The van der Waals surface area contributed by atoms with Crippen molar-refractivity contribution in [2.24, 2.45) is 9.98 Å². The van der Waals surface area contributed by atoms with Crippen molar-refractivity contribution in [3.63, 3.8) is 0 Å². The molecule has 0 fully saturated rings. The molecule has 10 heteroatoms. The van der Waals surface area contributed by atoms with E-state index in [0.717, 1.165) is 11.4 Å². The van der Waals surface area contributed by atoms with Crippen LogP contribution >= 0.6 is 0 Å². The predicted molar refractivity (Wildman–Crippen MR) is 103 cm³/mol. The van der Waals surface area contributed by atoms with Crippen LogP contribution in [-0.4, -0.2) is 37.4 Å². The Morgan fingerprint density at radius 3 is 1.26 bits per heavy atom. The van der Waals surface area contributed by atoms with Crippen LogP contribution in [0, 0.1) is 0 Å². The van der Waals surface area contributed by atoms with E-state index >= 15 is 0 Å². The summed E-state index contributed by atoms with van der Waals surface area (Å²) in [5.74, 6) is 0. The van der Waals surface area contributed by atoms with Gasteiger partial charge in [-0.25, -0.2) is 0 Å². The molecule has 0 unspecified atom stereocenters. The van der Waals surface area contributed by atoms with Gasteiger partial charge in [0.25, 0.3) is 20.2 Å². The molecule has 144 valence electrons. The van der Waals surface area contributed by atoms with Crippen LogP contribution < -0.4 is 0 Å². The highest BCUT2D eigenvalue weighted by Gasteiger charge is 2.09. The smallest absolute Gasteiger partial charge is 0.282 e. The molecule has 2 aromatic carbocycles. The molecule has 2 aromatic rings. The molecule has 0 aromatic heterocycles. The molecule has 0 aliphatic carbocycles. The summed E-state index contributed by atoms with van der Waals surface area (Å²) >= 11 is 0. The van der Waals surface area contributed by atoms with Crippen molar-refractivity contribution in [2.75, 3.05) is 0 Å². The first-order valence-corrected chi connectivity index (χ1v) is 10.6. The molecule has 0 spiro atoms. The molecule has 0 radical (unpaired) electrons. The number of hydrogen-bond donors (Lipinski definition) is 2. The maximum atomic E-state index is 11.0. The van der Waals surface area contributed by atoms with Gasteiger partial charge in [0.15, 0.2) is 0 Å². The molecule has 8 nitrogen and oxygen atoms in total. The molecule has 0 amide bonds. The van der Waals surface area contributed by atoms with Crippen LogP contribution in [0.25, 0.3) is 0 Å².